The molecule has 0 saturated heterocycles. The van der Waals surface area contributed by atoms with E-state index in [0.29, 0.717) is 28.9 Å². The van der Waals surface area contributed by atoms with Crippen LogP contribution in [0.4, 0.5) is 5.69 Å². The van der Waals surface area contributed by atoms with Crippen LogP contribution in [-0.4, -0.2) is 36.0 Å². The Hall–Kier alpha value is -2.73. The maximum absolute atomic E-state index is 11.7. The molecule has 2 N–H and O–H groups in total. The molecular formula is C18H18ClN3O3. The van der Waals surface area contributed by atoms with E-state index in [1.54, 1.807) is 20.3 Å². The van der Waals surface area contributed by atoms with Crippen molar-refractivity contribution in [2.24, 2.45) is 0 Å². The minimum atomic E-state index is -0.119. The maximum Gasteiger partial charge on any atom is 0.225 e. The summed E-state index contributed by atoms with van der Waals surface area (Å²) in [5.74, 6) is 2.23. The molecule has 0 bridgehead atoms. The lowest BCUT2D eigenvalue weighted by atomic mass is 10.2. The summed E-state index contributed by atoms with van der Waals surface area (Å²) in [4.78, 5) is 19.5. The van der Waals surface area contributed by atoms with Crippen LogP contribution in [0.2, 0.25) is 0 Å². The first-order valence-electron chi connectivity index (χ1n) is 7.72. The number of methoxy groups -OCH3 is 2. The largest absolute Gasteiger partial charge is 0.497 e. The fourth-order valence-electron chi connectivity index (χ4n) is 2.48. The number of hydrogen-bond donors (Lipinski definition) is 2. The number of amides is 1. The number of aromatic amines is 1. The summed E-state index contributed by atoms with van der Waals surface area (Å²) >= 11 is 5.58. The number of nitrogens with zero attached hydrogens (tertiary/aromatic N) is 1. The lowest BCUT2D eigenvalue weighted by molar-refractivity contribution is -0.115. The summed E-state index contributed by atoms with van der Waals surface area (Å²) in [7, 11) is 3.21. The number of H-pyrrole nitrogens is 1. The van der Waals surface area contributed by atoms with Gasteiger partial charge in [0.15, 0.2) is 0 Å². The lowest BCUT2D eigenvalue weighted by Crippen LogP contribution is -2.11. The second-order valence-corrected chi connectivity index (χ2v) is 5.78. The van der Waals surface area contributed by atoms with Crippen molar-refractivity contribution in [3.05, 3.63) is 36.4 Å². The van der Waals surface area contributed by atoms with Crippen molar-refractivity contribution in [2.45, 2.75) is 6.42 Å². The Bertz CT molecular complexity index is 885. The van der Waals surface area contributed by atoms with Gasteiger partial charge in [0, 0.05) is 29.6 Å². The fraction of sp³-hybridized carbons (Fsp3) is 0.222. The SMILES string of the molecule is COc1cc(OC)cc(-c2nc3ccc(NC(=O)CCCl)cc3[nH]2)c1. The van der Waals surface area contributed by atoms with Crippen LogP contribution in [0, 0.1) is 0 Å². The first-order chi connectivity index (χ1) is 12.1. The molecule has 1 heterocycles. The number of carbonyl (C=O) groups is 1. The normalized spacial score (nSPS) is 10.7. The van der Waals surface area contributed by atoms with Gasteiger partial charge < -0.3 is 19.8 Å². The topological polar surface area (TPSA) is 76.2 Å². The Morgan fingerprint density at radius 1 is 1.16 bits per heavy atom. The molecule has 130 valence electrons. The highest BCUT2D eigenvalue weighted by atomic mass is 35.5. The predicted octanol–water partition coefficient (Wildman–Crippen LogP) is 3.81. The zero-order valence-corrected chi connectivity index (χ0v) is 14.7. The molecular weight excluding hydrogens is 342 g/mol. The van der Waals surface area contributed by atoms with Gasteiger partial charge in [0.05, 0.1) is 25.3 Å². The third-order valence-electron chi connectivity index (χ3n) is 3.71. The van der Waals surface area contributed by atoms with E-state index in [-0.39, 0.29) is 12.3 Å². The predicted molar refractivity (Wildman–Crippen MR) is 98.6 cm³/mol. The number of aromatic nitrogens is 2. The number of hydrogen-bond acceptors (Lipinski definition) is 4. The number of benzene rings is 2. The number of ether oxygens (including phenoxy) is 2. The summed E-state index contributed by atoms with van der Waals surface area (Å²) in [6.07, 6.45) is 0.275. The van der Waals surface area contributed by atoms with Crippen LogP contribution >= 0.6 is 11.6 Å². The second kappa shape index (κ2) is 7.44. The number of alkyl halides is 1. The number of nitrogens with one attached hydrogen (secondary N) is 2. The molecule has 2 aromatic carbocycles. The maximum atomic E-state index is 11.7. The quantitative estimate of drug-likeness (QED) is 0.656. The van der Waals surface area contributed by atoms with Crippen molar-refractivity contribution in [3.63, 3.8) is 0 Å². The molecule has 3 aromatic rings. The summed E-state index contributed by atoms with van der Waals surface area (Å²) in [5.41, 5.74) is 3.16. The first kappa shape index (κ1) is 17.1. The van der Waals surface area contributed by atoms with Gasteiger partial charge in [0.2, 0.25) is 5.91 Å². The standard InChI is InChI=1S/C18H18ClN3O3/c1-24-13-7-11(8-14(10-13)25-2)18-21-15-4-3-12(9-16(15)22-18)20-17(23)5-6-19/h3-4,7-10H,5-6H2,1-2H3,(H,20,23)(H,21,22). The highest BCUT2D eigenvalue weighted by Crippen LogP contribution is 2.30. The van der Waals surface area contributed by atoms with Gasteiger partial charge in [0.1, 0.15) is 17.3 Å². The van der Waals surface area contributed by atoms with E-state index in [9.17, 15) is 4.79 Å². The number of anilines is 1. The molecule has 7 heteroatoms. The van der Waals surface area contributed by atoms with Crippen LogP contribution in [0.25, 0.3) is 22.4 Å². The van der Waals surface area contributed by atoms with E-state index in [0.717, 1.165) is 16.6 Å². The van der Waals surface area contributed by atoms with E-state index in [1.807, 2.05) is 30.3 Å². The Labute approximate surface area is 150 Å². The Kier molecular flexibility index (Phi) is 5.09. The molecule has 0 aliphatic carbocycles. The number of halogens is 1. The first-order valence-corrected chi connectivity index (χ1v) is 8.25. The Morgan fingerprint density at radius 2 is 1.88 bits per heavy atom. The van der Waals surface area contributed by atoms with Crippen LogP contribution in [0.15, 0.2) is 36.4 Å². The molecule has 0 spiro atoms. The van der Waals surface area contributed by atoms with Crippen molar-refractivity contribution in [1.82, 2.24) is 9.97 Å². The van der Waals surface area contributed by atoms with Crippen molar-refractivity contribution in [3.8, 4) is 22.9 Å². The highest BCUT2D eigenvalue weighted by Gasteiger charge is 2.10. The third-order valence-corrected chi connectivity index (χ3v) is 3.90. The van der Waals surface area contributed by atoms with Gasteiger partial charge in [-0.25, -0.2) is 4.98 Å². The molecule has 0 atom stereocenters. The van der Waals surface area contributed by atoms with Crippen LogP contribution in [-0.2, 0) is 4.79 Å². The van der Waals surface area contributed by atoms with Gasteiger partial charge in [-0.05, 0) is 30.3 Å². The van der Waals surface area contributed by atoms with Crippen molar-refractivity contribution in [2.75, 3.05) is 25.4 Å². The molecule has 1 amide bonds. The molecule has 1 aromatic heterocycles. The molecule has 0 radical (unpaired) electrons. The number of rotatable bonds is 6. The molecule has 0 aliphatic rings. The van der Waals surface area contributed by atoms with E-state index in [4.69, 9.17) is 21.1 Å². The number of fused-ring (bicyclic) bond motifs is 1. The molecule has 6 nitrogen and oxygen atoms in total. The number of carbonyl (C=O) groups excluding carboxylic acids is 1. The zero-order valence-electron chi connectivity index (χ0n) is 13.9. The van der Waals surface area contributed by atoms with Gasteiger partial charge in [-0.3, -0.25) is 4.79 Å². The van der Waals surface area contributed by atoms with Gasteiger partial charge in [-0.15, -0.1) is 11.6 Å². The van der Waals surface area contributed by atoms with Crippen molar-refractivity contribution in [1.29, 1.82) is 0 Å². The molecule has 0 saturated carbocycles. The van der Waals surface area contributed by atoms with Gasteiger partial charge in [-0.2, -0.15) is 0 Å². The summed E-state index contributed by atoms with van der Waals surface area (Å²) < 4.78 is 10.6. The van der Waals surface area contributed by atoms with E-state index >= 15 is 0 Å². The van der Waals surface area contributed by atoms with Gasteiger partial charge >= 0.3 is 0 Å². The highest BCUT2D eigenvalue weighted by molar-refractivity contribution is 6.19. The molecule has 25 heavy (non-hydrogen) atoms. The van der Waals surface area contributed by atoms with E-state index in [2.05, 4.69) is 15.3 Å². The zero-order chi connectivity index (χ0) is 17.8. The van der Waals surface area contributed by atoms with E-state index in [1.165, 1.54) is 0 Å². The lowest BCUT2D eigenvalue weighted by Gasteiger charge is -2.06. The third kappa shape index (κ3) is 3.85. The molecule has 0 unspecified atom stereocenters. The summed E-state index contributed by atoms with van der Waals surface area (Å²) in [6.45, 7) is 0. The monoisotopic (exact) mass is 359 g/mol. The second-order valence-electron chi connectivity index (χ2n) is 5.41. The van der Waals surface area contributed by atoms with Gasteiger partial charge in [0.25, 0.3) is 0 Å². The number of imidazole rings is 1. The summed E-state index contributed by atoms with van der Waals surface area (Å²) in [6, 6.07) is 11.1. The molecule has 0 aliphatic heterocycles. The van der Waals surface area contributed by atoms with Crippen LogP contribution in [0.5, 0.6) is 11.5 Å². The van der Waals surface area contributed by atoms with Gasteiger partial charge in [-0.1, -0.05) is 0 Å². The Morgan fingerprint density at radius 3 is 2.52 bits per heavy atom. The molecule has 0 fully saturated rings. The average molecular weight is 360 g/mol. The minimum Gasteiger partial charge on any atom is -0.497 e. The van der Waals surface area contributed by atoms with Crippen LogP contribution < -0.4 is 14.8 Å². The molecule has 3 rings (SSSR count). The van der Waals surface area contributed by atoms with Crippen molar-refractivity contribution >= 4 is 34.2 Å². The fourth-order valence-corrected chi connectivity index (χ4v) is 2.65. The average Bonchev–Trinajstić information content (AvgIpc) is 3.04. The minimum absolute atomic E-state index is 0.119. The van der Waals surface area contributed by atoms with Crippen LogP contribution in [0.3, 0.4) is 0 Å². The van der Waals surface area contributed by atoms with Crippen LogP contribution in [0.1, 0.15) is 6.42 Å². The Balaban J connectivity index is 1.95. The van der Waals surface area contributed by atoms with E-state index < -0.39 is 0 Å². The summed E-state index contributed by atoms with van der Waals surface area (Å²) in [5, 5.41) is 2.81. The smallest absolute Gasteiger partial charge is 0.225 e. The van der Waals surface area contributed by atoms with Crippen molar-refractivity contribution < 1.29 is 14.3 Å².